The summed E-state index contributed by atoms with van der Waals surface area (Å²) in [5.74, 6) is 0.683. The summed E-state index contributed by atoms with van der Waals surface area (Å²) >= 11 is 0. The van der Waals surface area contributed by atoms with Gasteiger partial charge in [-0.3, -0.25) is 0 Å². The number of amides is 1. The summed E-state index contributed by atoms with van der Waals surface area (Å²) in [5, 5.41) is 20.0. The maximum Gasteiger partial charge on any atom is 0.410 e. The Bertz CT molecular complexity index is 893. The monoisotopic (exact) mass is 406 g/mol. The molecule has 4 rings (SSSR count). The molecule has 2 bridgehead atoms. The highest BCUT2D eigenvalue weighted by Gasteiger charge is 2.50. The Morgan fingerprint density at radius 2 is 1.77 bits per heavy atom. The molecule has 156 valence electrons. The molecule has 0 aromatic heterocycles. The van der Waals surface area contributed by atoms with Gasteiger partial charge in [0, 0.05) is 24.9 Å². The Morgan fingerprint density at radius 3 is 2.40 bits per heavy atom. The summed E-state index contributed by atoms with van der Waals surface area (Å²) in [5.41, 5.74) is 0.834. The molecule has 0 saturated carbocycles. The number of carbonyl (C=O) groups is 1. The molecule has 1 amide bonds. The van der Waals surface area contributed by atoms with Crippen LogP contribution in [0.2, 0.25) is 0 Å². The third kappa shape index (κ3) is 4.27. The smallest absolute Gasteiger partial charge is 0.410 e. The molecular formula is C24H26N2O4. The highest BCUT2D eigenvalue weighted by Crippen LogP contribution is 2.46. The van der Waals surface area contributed by atoms with Gasteiger partial charge in [0.2, 0.25) is 0 Å². The Balaban J connectivity index is 1.39. The third-order valence-corrected chi connectivity index (χ3v) is 6.06. The minimum absolute atomic E-state index is 0.0245. The Labute approximate surface area is 176 Å². The van der Waals surface area contributed by atoms with E-state index in [9.17, 15) is 9.90 Å². The Kier molecular flexibility index (Phi) is 5.91. The summed E-state index contributed by atoms with van der Waals surface area (Å²) in [6.07, 6.45) is 2.79. The van der Waals surface area contributed by atoms with E-state index in [2.05, 4.69) is 0 Å². The first-order chi connectivity index (χ1) is 14.6. The zero-order valence-corrected chi connectivity index (χ0v) is 16.9. The second-order valence-corrected chi connectivity index (χ2v) is 8.05. The highest BCUT2D eigenvalue weighted by atomic mass is 16.6. The zero-order chi connectivity index (χ0) is 21.0. The molecule has 0 radical (unpaired) electrons. The lowest BCUT2D eigenvalue weighted by atomic mass is 9.80. The Morgan fingerprint density at radius 1 is 1.10 bits per heavy atom. The van der Waals surface area contributed by atoms with E-state index in [4.69, 9.17) is 14.7 Å². The van der Waals surface area contributed by atoms with Gasteiger partial charge in [0.25, 0.3) is 0 Å². The SMILES string of the molecule is N#CCCOc1ccc(C2(O)CC3CCC(C2)N3C(=O)OCc2ccccc2)cc1. The minimum atomic E-state index is -0.965. The van der Waals surface area contributed by atoms with Gasteiger partial charge in [-0.15, -0.1) is 0 Å². The van der Waals surface area contributed by atoms with E-state index in [1.54, 1.807) is 0 Å². The average molecular weight is 406 g/mol. The van der Waals surface area contributed by atoms with Gasteiger partial charge in [-0.2, -0.15) is 5.26 Å². The molecule has 2 aliphatic rings. The van der Waals surface area contributed by atoms with Gasteiger partial charge in [0.15, 0.2) is 0 Å². The van der Waals surface area contributed by atoms with Crippen LogP contribution in [0.5, 0.6) is 5.75 Å². The molecule has 2 heterocycles. The maximum absolute atomic E-state index is 12.7. The number of fused-ring (bicyclic) bond motifs is 2. The molecule has 30 heavy (non-hydrogen) atoms. The van der Waals surface area contributed by atoms with Gasteiger partial charge in [-0.1, -0.05) is 42.5 Å². The van der Waals surface area contributed by atoms with Gasteiger partial charge in [0.05, 0.1) is 18.1 Å². The van der Waals surface area contributed by atoms with Crippen LogP contribution in [0.1, 0.15) is 43.2 Å². The minimum Gasteiger partial charge on any atom is -0.493 e. The normalized spacial score (nSPS) is 24.9. The molecule has 6 nitrogen and oxygen atoms in total. The third-order valence-electron chi connectivity index (χ3n) is 6.06. The molecular weight excluding hydrogens is 380 g/mol. The van der Waals surface area contributed by atoms with E-state index in [1.165, 1.54) is 0 Å². The van der Waals surface area contributed by atoms with Crippen LogP contribution in [0.15, 0.2) is 54.6 Å². The van der Waals surface area contributed by atoms with Gasteiger partial charge >= 0.3 is 6.09 Å². The van der Waals surface area contributed by atoms with Crippen LogP contribution in [-0.2, 0) is 16.9 Å². The number of carbonyl (C=O) groups excluding carboxylic acids is 1. The summed E-state index contributed by atoms with van der Waals surface area (Å²) in [6, 6.07) is 19.1. The number of nitrogens with zero attached hydrogens (tertiary/aromatic N) is 2. The lowest BCUT2D eigenvalue weighted by molar-refractivity contribution is -0.0537. The van der Waals surface area contributed by atoms with Crippen LogP contribution in [0.3, 0.4) is 0 Å². The van der Waals surface area contributed by atoms with Crippen molar-refractivity contribution in [3.8, 4) is 11.8 Å². The van der Waals surface area contributed by atoms with Crippen LogP contribution in [0.25, 0.3) is 0 Å². The fraction of sp³-hybridized carbons (Fsp3) is 0.417. The van der Waals surface area contributed by atoms with Crippen molar-refractivity contribution < 1.29 is 19.4 Å². The quantitative estimate of drug-likeness (QED) is 0.730. The van der Waals surface area contributed by atoms with E-state index in [1.807, 2.05) is 65.6 Å². The topological polar surface area (TPSA) is 82.8 Å². The summed E-state index contributed by atoms with van der Waals surface area (Å²) < 4.78 is 11.1. The summed E-state index contributed by atoms with van der Waals surface area (Å²) in [7, 11) is 0. The maximum atomic E-state index is 12.7. The predicted octanol–water partition coefficient (Wildman–Crippen LogP) is 4.13. The number of aliphatic hydroxyl groups is 1. The molecule has 2 unspecified atom stereocenters. The predicted molar refractivity (Wildman–Crippen MR) is 111 cm³/mol. The number of hydrogen-bond acceptors (Lipinski definition) is 5. The van der Waals surface area contributed by atoms with E-state index >= 15 is 0 Å². The van der Waals surface area contributed by atoms with Gasteiger partial charge < -0.3 is 19.5 Å². The largest absolute Gasteiger partial charge is 0.493 e. The van der Waals surface area contributed by atoms with Crippen LogP contribution in [0, 0.1) is 11.3 Å². The average Bonchev–Trinajstić information content (AvgIpc) is 3.05. The van der Waals surface area contributed by atoms with E-state index < -0.39 is 5.60 Å². The second kappa shape index (κ2) is 8.76. The van der Waals surface area contributed by atoms with Crippen molar-refractivity contribution >= 4 is 6.09 Å². The van der Waals surface area contributed by atoms with Crippen molar-refractivity contribution in [1.82, 2.24) is 4.90 Å². The first-order valence-corrected chi connectivity index (χ1v) is 10.4. The molecule has 2 aromatic rings. The lowest BCUT2D eigenvalue weighted by Crippen LogP contribution is -2.52. The molecule has 1 N–H and O–H groups in total. The van der Waals surface area contributed by atoms with Gasteiger partial charge in [-0.05, 0) is 36.1 Å². The molecule has 2 fully saturated rings. The van der Waals surface area contributed by atoms with E-state index in [0.717, 1.165) is 24.0 Å². The molecule has 2 saturated heterocycles. The molecule has 2 aromatic carbocycles. The number of nitriles is 1. The van der Waals surface area contributed by atoms with E-state index in [-0.39, 0.29) is 24.8 Å². The first kappa shape index (κ1) is 20.2. The molecule has 2 aliphatic heterocycles. The van der Waals surface area contributed by atoms with Crippen molar-refractivity contribution in [3.05, 3.63) is 65.7 Å². The summed E-state index contributed by atoms with van der Waals surface area (Å²) in [6.45, 7) is 0.609. The first-order valence-electron chi connectivity index (χ1n) is 10.4. The Hall–Kier alpha value is -3.04. The fourth-order valence-electron chi connectivity index (χ4n) is 4.63. The van der Waals surface area contributed by atoms with Crippen molar-refractivity contribution in [3.63, 3.8) is 0 Å². The van der Waals surface area contributed by atoms with Crippen LogP contribution in [0.4, 0.5) is 4.79 Å². The number of hydrogen-bond donors (Lipinski definition) is 1. The van der Waals surface area contributed by atoms with Crippen LogP contribution < -0.4 is 4.74 Å². The van der Waals surface area contributed by atoms with Gasteiger partial charge in [-0.25, -0.2) is 4.79 Å². The van der Waals surface area contributed by atoms with Crippen LogP contribution >= 0.6 is 0 Å². The van der Waals surface area contributed by atoms with E-state index in [0.29, 0.717) is 31.6 Å². The van der Waals surface area contributed by atoms with Crippen molar-refractivity contribution in [1.29, 1.82) is 5.26 Å². The van der Waals surface area contributed by atoms with Crippen molar-refractivity contribution in [2.45, 2.75) is 56.4 Å². The van der Waals surface area contributed by atoms with Gasteiger partial charge in [0.1, 0.15) is 19.0 Å². The molecule has 2 atom stereocenters. The summed E-state index contributed by atoms with van der Waals surface area (Å²) in [4.78, 5) is 14.6. The number of piperidine rings is 1. The van der Waals surface area contributed by atoms with Crippen molar-refractivity contribution in [2.24, 2.45) is 0 Å². The molecule has 0 spiro atoms. The standard InChI is InChI=1S/C24H26N2O4/c25-13-4-14-29-22-11-7-19(8-12-22)24(28)15-20-9-10-21(16-24)26(20)23(27)30-17-18-5-2-1-3-6-18/h1-3,5-8,11-12,20-21,28H,4,9-10,14-17H2. The lowest BCUT2D eigenvalue weighted by Gasteiger charge is -2.43. The number of ether oxygens (including phenoxy) is 2. The fourth-order valence-corrected chi connectivity index (χ4v) is 4.63. The van der Waals surface area contributed by atoms with Crippen molar-refractivity contribution in [2.75, 3.05) is 6.61 Å². The number of benzene rings is 2. The number of rotatable bonds is 6. The van der Waals surface area contributed by atoms with Crippen LogP contribution in [-0.4, -0.2) is 34.8 Å². The molecule has 0 aliphatic carbocycles. The molecule has 6 heteroatoms. The second-order valence-electron chi connectivity index (χ2n) is 8.05. The highest BCUT2D eigenvalue weighted by molar-refractivity contribution is 5.69. The zero-order valence-electron chi connectivity index (χ0n) is 16.9.